The molecule has 0 atom stereocenters. The number of carbonyl (C=O) groups is 1. The number of nitrogens with zero attached hydrogens (tertiary/aromatic N) is 6. The van der Waals surface area contributed by atoms with Crippen LogP contribution >= 0.6 is 11.8 Å². The number of anilines is 1. The fourth-order valence-corrected chi connectivity index (χ4v) is 3.98. The summed E-state index contributed by atoms with van der Waals surface area (Å²) in [4.78, 5) is 20.8. The van der Waals surface area contributed by atoms with E-state index in [1.165, 1.54) is 30.9 Å². The second-order valence-electron chi connectivity index (χ2n) is 6.12. The molecule has 1 amide bonds. The van der Waals surface area contributed by atoms with Gasteiger partial charge in [-0.2, -0.15) is 10.2 Å². The van der Waals surface area contributed by atoms with Crippen LogP contribution < -0.4 is 5.32 Å². The van der Waals surface area contributed by atoms with E-state index in [-0.39, 0.29) is 11.7 Å². The Morgan fingerprint density at radius 2 is 2.16 bits per heavy atom. The van der Waals surface area contributed by atoms with Crippen molar-refractivity contribution in [1.82, 2.24) is 29.5 Å². The second kappa shape index (κ2) is 6.83. The van der Waals surface area contributed by atoms with Gasteiger partial charge in [0.1, 0.15) is 17.2 Å². The normalized spacial score (nSPS) is 15.1. The van der Waals surface area contributed by atoms with Crippen LogP contribution in [0, 0.1) is 0 Å². The fourth-order valence-electron chi connectivity index (χ4n) is 3.22. The van der Waals surface area contributed by atoms with Crippen molar-refractivity contribution in [2.45, 2.75) is 36.8 Å². The summed E-state index contributed by atoms with van der Waals surface area (Å²) in [6.07, 6.45) is 9.67. The van der Waals surface area contributed by atoms with Crippen LogP contribution in [0.25, 0.3) is 11.0 Å². The molecule has 130 valence electrons. The van der Waals surface area contributed by atoms with E-state index < -0.39 is 0 Å². The predicted molar refractivity (Wildman–Crippen MR) is 95.4 cm³/mol. The molecule has 1 aliphatic rings. The van der Waals surface area contributed by atoms with Crippen molar-refractivity contribution in [2.24, 2.45) is 7.05 Å². The molecule has 0 unspecified atom stereocenters. The lowest BCUT2D eigenvalue weighted by Crippen LogP contribution is -2.19. The molecule has 8 nitrogen and oxygen atoms in total. The van der Waals surface area contributed by atoms with Gasteiger partial charge in [0.2, 0.25) is 5.91 Å². The molecule has 0 saturated heterocycles. The monoisotopic (exact) mass is 357 g/mol. The predicted octanol–water partition coefficient (Wildman–Crippen LogP) is 2.41. The number of nitrogens with one attached hydrogen (secondary N) is 1. The Kier molecular flexibility index (Phi) is 4.39. The Bertz CT molecular complexity index is 897. The Hall–Kier alpha value is -2.42. The molecular formula is C16H19N7OS. The third-order valence-corrected chi connectivity index (χ3v) is 5.45. The van der Waals surface area contributed by atoms with Crippen LogP contribution in [0.2, 0.25) is 0 Å². The highest BCUT2D eigenvalue weighted by Crippen LogP contribution is 2.31. The number of rotatable bonds is 5. The molecule has 0 aliphatic heterocycles. The van der Waals surface area contributed by atoms with Gasteiger partial charge in [0, 0.05) is 13.1 Å². The molecule has 3 aromatic rings. The Morgan fingerprint density at radius 3 is 3.00 bits per heavy atom. The molecule has 1 saturated carbocycles. The smallest absolute Gasteiger partial charge is 0.235 e. The molecule has 1 aliphatic carbocycles. The third-order valence-electron chi connectivity index (χ3n) is 4.44. The molecule has 25 heavy (non-hydrogen) atoms. The minimum Gasteiger partial charge on any atom is -0.310 e. The number of aromatic nitrogens is 6. The number of amides is 1. The standard InChI is InChI=1S/C16H19N7OS/c1-22-15-12(8-20-22)16(18-10-17-15)25-9-14(24)21-13-6-7-19-23(13)11-4-2-3-5-11/h6-8,10-11H,2-5,9H2,1H3,(H,21,24). The van der Waals surface area contributed by atoms with Crippen molar-refractivity contribution < 1.29 is 4.79 Å². The van der Waals surface area contributed by atoms with E-state index in [2.05, 4.69) is 25.5 Å². The highest BCUT2D eigenvalue weighted by molar-refractivity contribution is 8.00. The third kappa shape index (κ3) is 3.23. The van der Waals surface area contributed by atoms with E-state index in [4.69, 9.17) is 0 Å². The van der Waals surface area contributed by atoms with Gasteiger partial charge in [0.25, 0.3) is 0 Å². The van der Waals surface area contributed by atoms with Gasteiger partial charge in [-0.3, -0.25) is 9.48 Å². The minimum absolute atomic E-state index is 0.0691. The summed E-state index contributed by atoms with van der Waals surface area (Å²) in [5, 5.41) is 13.2. The quantitative estimate of drug-likeness (QED) is 0.557. The van der Waals surface area contributed by atoms with Crippen LogP contribution in [0.5, 0.6) is 0 Å². The first-order valence-electron chi connectivity index (χ1n) is 8.31. The van der Waals surface area contributed by atoms with Crippen LogP contribution in [-0.2, 0) is 11.8 Å². The summed E-state index contributed by atoms with van der Waals surface area (Å²) < 4.78 is 3.64. The zero-order valence-corrected chi connectivity index (χ0v) is 14.7. The first kappa shape index (κ1) is 16.1. The molecule has 1 N–H and O–H groups in total. The number of hydrogen-bond donors (Lipinski definition) is 1. The maximum atomic E-state index is 12.4. The van der Waals surface area contributed by atoms with E-state index >= 15 is 0 Å². The summed E-state index contributed by atoms with van der Waals surface area (Å²) in [5.41, 5.74) is 0.761. The van der Waals surface area contributed by atoms with Crippen molar-refractivity contribution >= 4 is 34.5 Å². The van der Waals surface area contributed by atoms with Gasteiger partial charge in [0.15, 0.2) is 5.65 Å². The maximum absolute atomic E-state index is 12.4. The Balaban J connectivity index is 1.42. The lowest BCUT2D eigenvalue weighted by Gasteiger charge is -2.14. The molecule has 4 rings (SSSR count). The van der Waals surface area contributed by atoms with Crippen molar-refractivity contribution in [3.05, 3.63) is 24.8 Å². The van der Waals surface area contributed by atoms with Gasteiger partial charge in [0.05, 0.1) is 29.6 Å². The average molecular weight is 357 g/mol. The molecule has 0 aromatic carbocycles. The van der Waals surface area contributed by atoms with Gasteiger partial charge in [-0.1, -0.05) is 24.6 Å². The molecule has 1 fully saturated rings. The van der Waals surface area contributed by atoms with Crippen LogP contribution in [0.4, 0.5) is 5.82 Å². The van der Waals surface area contributed by atoms with Crippen LogP contribution in [0.3, 0.4) is 0 Å². The van der Waals surface area contributed by atoms with Gasteiger partial charge in [-0.05, 0) is 12.8 Å². The number of thioether (sulfide) groups is 1. The first-order valence-corrected chi connectivity index (χ1v) is 9.30. The molecule has 3 heterocycles. The van der Waals surface area contributed by atoms with E-state index in [0.29, 0.717) is 6.04 Å². The number of carbonyl (C=O) groups excluding carboxylic acids is 1. The zero-order valence-electron chi connectivity index (χ0n) is 13.9. The Morgan fingerprint density at radius 1 is 1.32 bits per heavy atom. The molecule has 3 aromatic heterocycles. The van der Waals surface area contributed by atoms with Crippen molar-refractivity contribution in [3.8, 4) is 0 Å². The molecule has 9 heteroatoms. The lowest BCUT2D eigenvalue weighted by molar-refractivity contribution is -0.113. The summed E-state index contributed by atoms with van der Waals surface area (Å²) in [5.74, 6) is 0.976. The summed E-state index contributed by atoms with van der Waals surface area (Å²) in [6, 6.07) is 2.25. The van der Waals surface area contributed by atoms with E-state index in [1.54, 1.807) is 17.1 Å². The van der Waals surface area contributed by atoms with Gasteiger partial charge < -0.3 is 5.32 Å². The van der Waals surface area contributed by atoms with E-state index in [0.717, 1.165) is 34.7 Å². The van der Waals surface area contributed by atoms with E-state index in [9.17, 15) is 4.79 Å². The Labute approximate surface area is 149 Å². The van der Waals surface area contributed by atoms with Gasteiger partial charge in [-0.25, -0.2) is 14.6 Å². The fraction of sp³-hybridized carbons (Fsp3) is 0.438. The van der Waals surface area contributed by atoms with Crippen molar-refractivity contribution in [1.29, 1.82) is 0 Å². The summed E-state index contributed by atoms with van der Waals surface area (Å²) in [7, 11) is 1.83. The average Bonchev–Trinajstić information content (AvgIpc) is 3.34. The van der Waals surface area contributed by atoms with Crippen LogP contribution in [0.1, 0.15) is 31.7 Å². The highest BCUT2D eigenvalue weighted by atomic mass is 32.2. The molecule has 0 bridgehead atoms. The van der Waals surface area contributed by atoms with Crippen LogP contribution in [0.15, 0.2) is 29.8 Å². The number of fused-ring (bicyclic) bond motifs is 1. The first-order chi connectivity index (χ1) is 12.2. The SMILES string of the molecule is Cn1ncc2c(SCC(=O)Nc3ccnn3C3CCCC3)ncnc21. The van der Waals surface area contributed by atoms with Gasteiger partial charge in [-0.15, -0.1) is 0 Å². The summed E-state index contributed by atoms with van der Waals surface area (Å²) in [6.45, 7) is 0. The number of hydrogen-bond acceptors (Lipinski definition) is 6. The minimum atomic E-state index is -0.0691. The lowest BCUT2D eigenvalue weighted by atomic mass is 10.2. The van der Waals surface area contributed by atoms with Crippen molar-refractivity contribution in [3.63, 3.8) is 0 Å². The topological polar surface area (TPSA) is 90.5 Å². The number of aryl methyl sites for hydroxylation is 1. The highest BCUT2D eigenvalue weighted by Gasteiger charge is 2.20. The maximum Gasteiger partial charge on any atom is 0.235 e. The largest absolute Gasteiger partial charge is 0.310 e. The van der Waals surface area contributed by atoms with Crippen molar-refractivity contribution in [2.75, 3.05) is 11.1 Å². The molecule has 0 spiro atoms. The van der Waals surface area contributed by atoms with Crippen LogP contribution in [-0.4, -0.2) is 41.2 Å². The molecular weight excluding hydrogens is 338 g/mol. The van der Waals surface area contributed by atoms with Gasteiger partial charge >= 0.3 is 0 Å². The summed E-state index contributed by atoms with van der Waals surface area (Å²) >= 11 is 1.39. The zero-order chi connectivity index (χ0) is 17.2. The van der Waals surface area contributed by atoms with E-state index in [1.807, 2.05) is 17.8 Å². The second-order valence-corrected chi connectivity index (χ2v) is 7.08. The molecule has 0 radical (unpaired) electrons.